The van der Waals surface area contributed by atoms with Crippen molar-refractivity contribution < 1.29 is 0 Å². The fourth-order valence-corrected chi connectivity index (χ4v) is 1.84. The van der Waals surface area contributed by atoms with Gasteiger partial charge in [0, 0.05) is 25.3 Å². The minimum atomic E-state index is 0.470. The van der Waals surface area contributed by atoms with Crippen LogP contribution in [0.2, 0.25) is 0 Å². The Kier molecular flexibility index (Phi) is 4.53. The molecule has 0 spiro atoms. The van der Waals surface area contributed by atoms with Crippen LogP contribution in [0.4, 0.5) is 11.5 Å². The summed E-state index contributed by atoms with van der Waals surface area (Å²) in [6, 6.07) is 16.9. The number of anilines is 2. The van der Waals surface area contributed by atoms with Gasteiger partial charge in [-0.2, -0.15) is 0 Å². The summed E-state index contributed by atoms with van der Waals surface area (Å²) in [6.45, 7) is 5.08. The summed E-state index contributed by atoms with van der Waals surface area (Å²) in [5, 5.41) is 3.39. The monoisotopic (exact) mass is 255 g/mol. The molecular weight excluding hydrogens is 234 g/mol. The van der Waals surface area contributed by atoms with Crippen LogP contribution >= 0.6 is 0 Å². The first-order chi connectivity index (χ1) is 9.16. The van der Waals surface area contributed by atoms with Gasteiger partial charge in [-0.1, -0.05) is 38.1 Å². The van der Waals surface area contributed by atoms with Crippen LogP contribution in [0.15, 0.2) is 48.5 Å². The van der Waals surface area contributed by atoms with Crippen molar-refractivity contribution in [2.45, 2.75) is 26.4 Å². The summed E-state index contributed by atoms with van der Waals surface area (Å²) in [6.07, 6.45) is 0. The first-order valence-electron chi connectivity index (χ1n) is 6.65. The quantitative estimate of drug-likeness (QED) is 0.888. The van der Waals surface area contributed by atoms with E-state index in [1.165, 1.54) is 0 Å². The van der Waals surface area contributed by atoms with E-state index in [-0.39, 0.29) is 0 Å². The maximum Gasteiger partial charge on any atom is 0.133 e. The largest absolute Gasteiger partial charge is 0.329 e. The molecule has 1 aromatic carbocycles. The van der Waals surface area contributed by atoms with Crippen LogP contribution in [0.3, 0.4) is 0 Å². The third kappa shape index (κ3) is 3.80. The molecule has 0 atom stereocenters. The molecule has 1 N–H and O–H groups in total. The zero-order chi connectivity index (χ0) is 13.7. The molecule has 0 aliphatic heterocycles. The Bertz CT molecular complexity index is 508. The molecule has 0 aliphatic carbocycles. The molecule has 1 heterocycles. The van der Waals surface area contributed by atoms with Gasteiger partial charge in [-0.05, 0) is 24.3 Å². The molecule has 0 fully saturated rings. The van der Waals surface area contributed by atoms with Gasteiger partial charge in [-0.3, -0.25) is 0 Å². The second-order valence-corrected chi connectivity index (χ2v) is 4.92. The zero-order valence-electron chi connectivity index (χ0n) is 11.8. The van der Waals surface area contributed by atoms with Crippen molar-refractivity contribution in [3.8, 4) is 0 Å². The van der Waals surface area contributed by atoms with E-state index in [0.717, 1.165) is 23.7 Å². The number of aromatic nitrogens is 1. The summed E-state index contributed by atoms with van der Waals surface area (Å²) in [5.74, 6) is 0.967. The molecule has 19 heavy (non-hydrogen) atoms. The molecular formula is C16H21N3. The number of benzene rings is 1. The van der Waals surface area contributed by atoms with E-state index in [0.29, 0.717) is 6.04 Å². The summed E-state index contributed by atoms with van der Waals surface area (Å²) in [4.78, 5) is 6.78. The van der Waals surface area contributed by atoms with Crippen LogP contribution in [0.1, 0.15) is 19.5 Å². The Morgan fingerprint density at radius 1 is 1.05 bits per heavy atom. The van der Waals surface area contributed by atoms with Crippen molar-refractivity contribution in [3.63, 3.8) is 0 Å². The maximum atomic E-state index is 4.68. The van der Waals surface area contributed by atoms with Crippen LogP contribution in [0, 0.1) is 0 Å². The van der Waals surface area contributed by atoms with Crippen molar-refractivity contribution in [1.82, 2.24) is 10.3 Å². The topological polar surface area (TPSA) is 28.2 Å². The Morgan fingerprint density at radius 2 is 1.79 bits per heavy atom. The van der Waals surface area contributed by atoms with Gasteiger partial charge in [0.25, 0.3) is 0 Å². The van der Waals surface area contributed by atoms with Gasteiger partial charge in [0.1, 0.15) is 5.82 Å². The Hall–Kier alpha value is -1.87. The summed E-state index contributed by atoms with van der Waals surface area (Å²) >= 11 is 0. The molecule has 3 heteroatoms. The second-order valence-electron chi connectivity index (χ2n) is 4.92. The number of hydrogen-bond donors (Lipinski definition) is 1. The fraction of sp³-hybridized carbons (Fsp3) is 0.312. The van der Waals surface area contributed by atoms with Crippen LogP contribution < -0.4 is 10.2 Å². The van der Waals surface area contributed by atoms with Crippen molar-refractivity contribution in [1.29, 1.82) is 0 Å². The normalized spacial score (nSPS) is 10.7. The van der Waals surface area contributed by atoms with Crippen LogP contribution in [0.5, 0.6) is 0 Å². The highest BCUT2D eigenvalue weighted by Gasteiger charge is 2.05. The zero-order valence-corrected chi connectivity index (χ0v) is 11.8. The van der Waals surface area contributed by atoms with Gasteiger partial charge in [0.2, 0.25) is 0 Å². The third-order valence-corrected chi connectivity index (χ3v) is 2.97. The van der Waals surface area contributed by atoms with Crippen molar-refractivity contribution in [2.75, 3.05) is 11.9 Å². The van der Waals surface area contributed by atoms with Gasteiger partial charge in [0.15, 0.2) is 0 Å². The lowest BCUT2D eigenvalue weighted by Gasteiger charge is -2.19. The molecule has 0 unspecified atom stereocenters. The minimum absolute atomic E-state index is 0.470. The van der Waals surface area contributed by atoms with Crippen LogP contribution in [-0.4, -0.2) is 18.1 Å². The van der Waals surface area contributed by atoms with Gasteiger partial charge >= 0.3 is 0 Å². The molecule has 0 saturated carbocycles. The van der Waals surface area contributed by atoms with Crippen LogP contribution in [0.25, 0.3) is 0 Å². The van der Waals surface area contributed by atoms with E-state index < -0.39 is 0 Å². The highest BCUT2D eigenvalue weighted by atomic mass is 15.2. The number of pyridine rings is 1. The second kappa shape index (κ2) is 6.34. The van der Waals surface area contributed by atoms with E-state index in [2.05, 4.69) is 53.3 Å². The smallest absolute Gasteiger partial charge is 0.133 e. The predicted octanol–water partition coefficient (Wildman–Crippen LogP) is 3.35. The van der Waals surface area contributed by atoms with Crippen LogP contribution in [-0.2, 0) is 6.54 Å². The molecule has 3 nitrogen and oxygen atoms in total. The molecule has 0 radical (unpaired) electrons. The molecule has 2 rings (SSSR count). The Labute approximate surface area is 115 Å². The number of para-hydroxylation sites is 1. The average Bonchev–Trinajstić information content (AvgIpc) is 2.45. The first kappa shape index (κ1) is 13.6. The lowest BCUT2D eigenvalue weighted by molar-refractivity contribution is 0.581. The molecule has 0 bridgehead atoms. The lowest BCUT2D eigenvalue weighted by atomic mass is 10.2. The number of hydrogen-bond acceptors (Lipinski definition) is 3. The Morgan fingerprint density at radius 3 is 2.47 bits per heavy atom. The number of nitrogens with one attached hydrogen (secondary N) is 1. The average molecular weight is 255 g/mol. The van der Waals surface area contributed by atoms with E-state index in [9.17, 15) is 0 Å². The first-order valence-corrected chi connectivity index (χ1v) is 6.65. The molecule has 0 amide bonds. The van der Waals surface area contributed by atoms with E-state index in [1.807, 2.05) is 31.3 Å². The SMILES string of the molecule is CC(C)NCc1cccc(N(C)c2ccccc2)n1. The maximum absolute atomic E-state index is 4.68. The van der Waals surface area contributed by atoms with Crippen molar-refractivity contribution >= 4 is 11.5 Å². The van der Waals surface area contributed by atoms with Crippen molar-refractivity contribution in [3.05, 3.63) is 54.2 Å². The van der Waals surface area contributed by atoms with E-state index >= 15 is 0 Å². The Balaban J connectivity index is 2.14. The fourth-order valence-electron chi connectivity index (χ4n) is 1.84. The summed E-state index contributed by atoms with van der Waals surface area (Å²) in [7, 11) is 2.04. The minimum Gasteiger partial charge on any atom is -0.329 e. The van der Waals surface area contributed by atoms with Gasteiger partial charge in [-0.25, -0.2) is 4.98 Å². The van der Waals surface area contributed by atoms with Gasteiger partial charge < -0.3 is 10.2 Å². The molecule has 0 saturated heterocycles. The standard InChI is InChI=1S/C16H21N3/c1-13(2)17-12-14-8-7-11-16(18-14)19(3)15-9-5-4-6-10-15/h4-11,13,17H,12H2,1-3H3. The molecule has 100 valence electrons. The molecule has 2 aromatic rings. The lowest BCUT2D eigenvalue weighted by Crippen LogP contribution is -2.22. The molecule has 0 aliphatic rings. The highest BCUT2D eigenvalue weighted by Crippen LogP contribution is 2.20. The highest BCUT2D eigenvalue weighted by molar-refractivity contribution is 5.58. The number of rotatable bonds is 5. The third-order valence-electron chi connectivity index (χ3n) is 2.97. The van der Waals surface area contributed by atoms with Gasteiger partial charge in [0.05, 0.1) is 5.69 Å². The van der Waals surface area contributed by atoms with E-state index in [1.54, 1.807) is 0 Å². The van der Waals surface area contributed by atoms with E-state index in [4.69, 9.17) is 0 Å². The summed E-state index contributed by atoms with van der Waals surface area (Å²) < 4.78 is 0. The molecule has 1 aromatic heterocycles. The number of nitrogens with zero attached hydrogens (tertiary/aromatic N) is 2. The predicted molar refractivity (Wildman–Crippen MR) is 80.7 cm³/mol. The van der Waals surface area contributed by atoms with Gasteiger partial charge in [-0.15, -0.1) is 0 Å². The summed E-state index contributed by atoms with van der Waals surface area (Å²) in [5.41, 5.74) is 2.21. The van der Waals surface area contributed by atoms with Crippen molar-refractivity contribution in [2.24, 2.45) is 0 Å².